The number of hydrogen-bond donors (Lipinski definition) is 0. The van der Waals surface area contributed by atoms with Crippen molar-refractivity contribution in [2.24, 2.45) is 0 Å². The third kappa shape index (κ3) is 1.04. The van der Waals surface area contributed by atoms with Gasteiger partial charge in [0.1, 0.15) is 0 Å². The Labute approximate surface area is 79.5 Å². The standard InChI is InChI=1S/C10H5N2O2/c11-12-8-5-4-6-7(10(8)14)2-1-3-9(6)13/h1-5H/q+1. The molecular weight excluding hydrogens is 180 g/mol. The minimum absolute atomic E-state index is 0.0527. The topological polar surface area (TPSA) is 62.3 Å². The summed E-state index contributed by atoms with van der Waals surface area (Å²) < 4.78 is 0. The summed E-state index contributed by atoms with van der Waals surface area (Å²) in [5, 5.41) is 8.49. The van der Waals surface area contributed by atoms with E-state index < -0.39 is 5.78 Å². The molecule has 66 valence electrons. The summed E-state index contributed by atoms with van der Waals surface area (Å²) in [6, 6.07) is 0. The fraction of sp³-hybridized carbons (Fsp3) is 0. The fourth-order valence-electron chi connectivity index (χ4n) is 1.37. The van der Waals surface area contributed by atoms with Crippen LogP contribution in [0.25, 0.3) is 4.98 Å². The van der Waals surface area contributed by atoms with Crippen LogP contribution >= 0.6 is 0 Å². The van der Waals surface area contributed by atoms with E-state index >= 15 is 0 Å². The maximum absolute atomic E-state index is 11.5. The summed E-state index contributed by atoms with van der Waals surface area (Å²) in [6.07, 6.45) is 7.23. The normalized spacial score (nSPS) is 19.2. The van der Waals surface area contributed by atoms with Crippen molar-refractivity contribution in [3.05, 3.63) is 52.2 Å². The van der Waals surface area contributed by atoms with Crippen molar-refractivity contribution in [2.75, 3.05) is 0 Å². The average molecular weight is 185 g/mol. The van der Waals surface area contributed by atoms with Crippen molar-refractivity contribution in [1.29, 1.82) is 5.39 Å². The summed E-state index contributed by atoms with van der Waals surface area (Å²) in [7, 11) is 0. The van der Waals surface area contributed by atoms with Crippen LogP contribution in [-0.2, 0) is 9.59 Å². The molecule has 0 N–H and O–H groups in total. The van der Waals surface area contributed by atoms with Crippen LogP contribution in [0.5, 0.6) is 0 Å². The maximum Gasteiger partial charge on any atom is 0.432 e. The second kappa shape index (κ2) is 2.89. The van der Waals surface area contributed by atoms with Gasteiger partial charge in [0.25, 0.3) is 5.78 Å². The molecule has 0 amide bonds. The highest BCUT2D eigenvalue weighted by molar-refractivity contribution is 6.24. The molecule has 0 fully saturated rings. The molecule has 0 spiro atoms. The van der Waals surface area contributed by atoms with Gasteiger partial charge in [-0.3, -0.25) is 9.59 Å². The van der Waals surface area contributed by atoms with Crippen LogP contribution in [-0.4, -0.2) is 11.6 Å². The molecule has 0 aliphatic heterocycles. The van der Waals surface area contributed by atoms with E-state index in [1.807, 2.05) is 0 Å². The molecule has 0 saturated heterocycles. The summed E-state index contributed by atoms with van der Waals surface area (Å²) in [6.45, 7) is 0. The van der Waals surface area contributed by atoms with E-state index in [2.05, 4.69) is 4.98 Å². The number of carbonyl (C=O) groups is 2. The molecule has 0 bridgehead atoms. The molecule has 4 heteroatoms. The van der Waals surface area contributed by atoms with Gasteiger partial charge < -0.3 is 0 Å². The molecule has 2 aliphatic rings. The number of fused-ring (bicyclic) bond motifs is 1. The smallest absolute Gasteiger partial charge is 0.289 e. The van der Waals surface area contributed by atoms with Gasteiger partial charge in [-0.1, -0.05) is 6.08 Å². The van der Waals surface area contributed by atoms with Crippen LogP contribution in [0.15, 0.2) is 47.2 Å². The highest BCUT2D eigenvalue weighted by atomic mass is 16.1. The van der Waals surface area contributed by atoms with Gasteiger partial charge in [-0.2, -0.15) is 0 Å². The van der Waals surface area contributed by atoms with Crippen LogP contribution in [0.3, 0.4) is 0 Å². The molecule has 0 saturated carbocycles. The summed E-state index contributed by atoms with van der Waals surface area (Å²) >= 11 is 0. The molecule has 0 aromatic heterocycles. The Hall–Kier alpha value is -2.28. The average Bonchev–Trinajstić information content (AvgIpc) is 2.20. The van der Waals surface area contributed by atoms with Crippen molar-refractivity contribution in [3.63, 3.8) is 0 Å². The third-order valence-electron chi connectivity index (χ3n) is 2.06. The lowest BCUT2D eigenvalue weighted by atomic mass is 9.89. The van der Waals surface area contributed by atoms with Crippen LogP contribution in [0.1, 0.15) is 0 Å². The van der Waals surface area contributed by atoms with Crippen LogP contribution < -0.4 is 0 Å². The quantitative estimate of drug-likeness (QED) is 0.534. The summed E-state index contributed by atoms with van der Waals surface area (Å²) in [4.78, 5) is 25.7. The lowest BCUT2D eigenvalue weighted by molar-refractivity contribution is -0.114. The van der Waals surface area contributed by atoms with E-state index in [0.717, 1.165) is 0 Å². The van der Waals surface area contributed by atoms with Gasteiger partial charge in [-0.15, -0.1) is 0 Å². The number of Topliss-reactive ketones (excluding diaryl/α,β-unsaturated/α-hetero) is 1. The van der Waals surface area contributed by atoms with Crippen LogP contribution in [0.2, 0.25) is 0 Å². The van der Waals surface area contributed by atoms with Gasteiger partial charge in [0.2, 0.25) is 5.39 Å². The zero-order chi connectivity index (χ0) is 10.1. The summed E-state index contributed by atoms with van der Waals surface area (Å²) in [5.74, 6) is -0.633. The van der Waals surface area contributed by atoms with Gasteiger partial charge >= 0.3 is 5.70 Å². The van der Waals surface area contributed by atoms with E-state index in [1.54, 1.807) is 0 Å². The van der Waals surface area contributed by atoms with E-state index in [-0.39, 0.29) is 17.1 Å². The zero-order valence-corrected chi connectivity index (χ0v) is 7.10. The Bertz CT molecular complexity index is 499. The van der Waals surface area contributed by atoms with E-state index in [9.17, 15) is 9.59 Å². The van der Waals surface area contributed by atoms with Crippen LogP contribution in [0.4, 0.5) is 0 Å². The molecule has 0 unspecified atom stereocenters. The first-order chi connectivity index (χ1) is 6.74. The predicted octanol–water partition coefficient (Wildman–Crippen LogP) is 1.30. The second-order valence-electron chi connectivity index (χ2n) is 2.87. The molecule has 0 radical (unpaired) electrons. The number of diazo groups is 1. The SMILES string of the molecule is N#[N+]C1=CC=C2C(=O)C=CC=C2C1=O. The maximum atomic E-state index is 11.5. The van der Waals surface area contributed by atoms with E-state index in [0.29, 0.717) is 5.57 Å². The Morgan fingerprint density at radius 1 is 1.07 bits per heavy atom. The lowest BCUT2D eigenvalue weighted by Crippen LogP contribution is -2.16. The Morgan fingerprint density at radius 2 is 1.86 bits per heavy atom. The van der Waals surface area contributed by atoms with E-state index in [1.165, 1.54) is 30.4 Å². The van der Waals surface area contributed by atoms with E-state index in [4.69, 9.17) is 5.39 Å². The first-order valence-corrected chi connectivity index (χ1v) is 3.99. The Kier molecular flexibility index (Phi) is 1.72. The molecule has 0 atom stereocenters. The molecule has 0 heterocycles. The van der Waals surface area contributed by atoms with Gasteiger partial charge in [-0.05, 0) is 18.2 Å². The lowest BCUT2D eigenvalue weighted by Gasteiger charge is -2.09. The number of hydrogen-bond acceptors (Lipinski definition) is 3. The van der Waals surface area contributed by atoms with Crippen molar-refractivity contribution in [2.45, 2.75) is 0 Å². The molecule has 0 aromatic carbocycles. The molecular formula is C10H5N2O2+. The number of nitrogens with zero attached hydrogens (tertiary/aromatic N) is 2. The number of rotatable bonds is 0. The Balaban J connectivity index is 2.59. The summed E-state index contributed by atoms with van der Waals surface area (Å²) in [5.41, 5.74) is 0.584. The molecule has 2 aliphatic carbocycles. The van der Waals surface area contributed by atoms with Crippen molar-refractivity contribution in [1.82, 2.24) is 0 Å². The highest BCUT2D eigenvalue weighted by Crippen LogP contribution is 2.25. The second-order valence-corrected chi connectivity index (χ2v) is 2.87. The minimum atomic E-state index is -0.428. The van der Waals surface area contributed by atoms with Gasteiger partial charge in [0.05, 0.1) is 0 Å². The minimum Gasteiger partial charge on any atom is -0.289 e. The molecule has 2 rings (SSSR count). The zero-order valence-electron chi connectivity index (χ0n) is 7.10. The van der Waals surface area contributed by atoms with Gasteiger partial charge in [0, 0.05) is 17.2 Å². The first kappa shape index (κ1) is 8.32. The van der Waals surface area contributed by atoms with Crippen molar-refractivity contribution in [3.8, 4) is 0 Å². The highest BCUT2D eigenvalue weighted by Gasteiger charge is 2.33. The largest absolute Gasteiger partial charge is 0.432 e. The monoisotopic (exact) mass is 185 g/mol. The van der Waals surface area contributed by atoms with Crippen LogP contribution in [0, 0.1) is 5.39 Å². The van der Waals surface area contributed by atoms with Gasteiger partial charge in [-0.25, -0.2) is 0 Å². The molecule has 4 nitrogen and oxygen atoms in total. The van der Waals surface area contributed by atoms with Crippen molar-refractivity contribution >= 4 is 11.6 Å². The predicted molar refractivity (Wildman–Crippen MR) is 48.5 cm³/mol. The fourth-order valence-corrected chi connectivity index (χ4v) is 1.37. The number of carbonyl (C=O) groups excluding carboxylic acids is 2. The van der Waals surface area contributed by atoms with Gasteiger partial charge in [0.15, 0.2) is 10.8 Å². The number of ketones is 2. The molecule has 0 aromatic rings. The van der Waals surface area contributed by atoms with Crippen molar-refractivity contribution < 1.29 is 9.59 Å². The molecule has 14 heavy (non-hydrogen) atoms. The number of allylic oxidation sites excluding steroid dienone is 7. The Morgan fingerprint density at radius 3 is 2.57 bits per heavy atom. The third-order valence-corrected chi connectivity index (χ3v) is 2.06. The first-order valence-electron chi connectivity index (χ1n) is 3.99.